The van der Waals surface area contributed by atoms with Gasteiger partial charge in [0.2, 0.25) is 5.91 Å². The molecule has 0 bridgehead atoms. The molecular weight excluding hydrogens is 288 g/mol. The Morgan fingerprint density at radius 3 is 2.74 bits per heavy atom. The average molecular weight is 310 g/mol. The average Bonchev–Trinajstić information content (AvgIpc) is 3.03. The lowest BCUT2D eigenvalue weighted by Crippen LogP contribution is -2.31. The molecule has 0 saturated heterocycles. The van der Waals surface area contributed by atoms with E-state index in [1.54, 1.807) is 7.11 Å². The number of para-hydroxylation sites is 1. The topological polar surface area (TPSA) is 41.6 Å². The summed E-state index contributed by atoms with van der Waals surface area (Å²) in [7, 11) is 1.66. The van der Waals surface area contributed by atoms with Crippen LogP contribution in [0.15, 0.2) is 48.5 Å². The minimum Gasteiger partial charge on any atom is -0.497 e. The van der Waals surface area contributed by atoms with Gasteiger partial charge in [0.05, 0.1) is 7.11 Å². The molecule has 4 nitrogen and oxygen atoms in total. The van der Waals surface area contributed by atoms with Crippen LogP contribution in [-0.2, 0) is 17.8 Å². The number of fused-ring (bicyclic) bond motifs is 1. The highest BCUT2D eigenvalue weighted by molar-refractivity contribution is 5.95. The Balaban J connectivity index is 1.45. The van der Waals surface area contributed by atoms with Gasteiger partial charge in [-0.1, -0.05) is 30.3 Å². The fourth-order valence-electron chi connectivity index (χ4n) is 2.90. The molecule has 3 rings (SSSR count). The standard InChI is InChI=1S/C19H22N2O2/c1-23-17-8-6-15(7-9-17)14-20-12-10-19(22)21-13-11-16-4-2-3-5-18(16)21/h2-9,20H,10-14H2,1H3. The number of nitrogens with one attached hydrogen (secondary N) is 1. The summed E-state index contributed by atoms with van der Waals surface area (Å²) in [4.78, 5) is 14.3. The number of amides is 1. The van der Waals surface area contributed by atoms with E-state index in [-0.39, 0.29) is 5.91 Å². The predicted octanol–water partition coefficient (Wildman–Crippen LogP) is 2.76. The van der Waals surface area contributed by atoms with Crippen LogP contribution < -0.4 is 15.0 Å². The summed E-state index contributed by atoms with van der Waals surface area (Å²) in [5.74, 6) is 1.05. The van der Waals surface area contributed by atoms with Crippen LogP contribution in [0.3, 0.4) is 0 Å². The van der Waals surface area contributed by atoms with Crippen molar-refractivity contribution in [2.75, 3.05) is 25.1 Å². The Hall–Kier alpha value is -2.33. The van der Waals surface area contributed by atoms with Crippen LogP contribution in [0.1, 0.15) is 17.5 Å². The molecule has 0 aromatic heterocycles. The number of rotatable bonds is 6. The Kier molecular flexibility index (Phi) is 4.93. The Labute approximate surface area is 137 Å². The highest BCUT2D eigenvalue weighted by Crippen LogP contribution is 2.27. The lowest BCUT2D eigenvalue weighted by molar-refractivity contribution is -0.118. The summed E-state index contributed by atoms with van der Waals surface area (Å²) in [6.07, 6.45) is 1.48. The molecule has 2 aromatic rings. The third kappa shape index (κ3) is 3.71. The van der Waals surface area contributed by atoms with Crippen molar-refractivity contribution >= 4 is 11.6 Å². The van der Waals surface area contributed by atoms with Gasteiger partial charge in [-0.3, -0.25) is 4.79 Å². The van der Waals surface area contributed by atoms with Gasteiger partial charge in [0, 0.05) is 31.7 Å². The molecule has 4 heteroatoms. The molecule has 1 N–H and O–H groups in total. The Morgan fingerprint density at radius 2 is 1.96 bits per heavy atom. The minimum atomic E-state index is 0.192. The van der Waals surface area contributed by atoms with Gasteiger partial charge < -0.3 is 15.0 Å². The van der Waals surface area contributed by atoms with E-state index in [1.807, 2.05) is 47.4 Å². The van der Waals surface area contributed by atoms with Gasteiger partial charge in [0.25, 0.3) is 0 Å². The molecule has 1 aliphatic rings. The molecule has 0 aliphatic carbocycles. The highest BCUT2D eigenvalue weighted by atomic mass is 16.5. The molecule has 0 radical (unpaired) electrons. The summed E-state index contributed by atoms with van der Waals surface area (Å²) >= 11 is 0. The number of methoxy groups -OCH3 is 1. The molecule has 0 spiro atoms. The largest absolute Gasteiger partial charge is 0.497 e. The van der Waals surface area contributed by atoms with Crippen LogP contribution in [0, 0.1) is 0 Å². The number of benzene rings is 2. The van der Waals surface area contributed by atoms with Crippen molar-refractivity contribution in [2.45, 2.75) is 19.4 Å². The van der Waals surface area contributed by atoms with Crippen molar-refractivity contribution in [2.24, 2.45) is 0 Å². The van der Waals surface area contributed by atoms with Gasteiger partial charge in [-0.15, -0.1) is 0 Å². The van der Waals surface area contributed by atoms with Crippen molar-refractivity contribution in [3.05, 3.63) is 59.7 Å². The molecule has 23 heavy (non-hydrogen) atoms. The third-order valence-corrected chi connectivity index (χ3v) is 4.19. The molecule has 1 amide bonds. The van der Waals surface area contributed by atoms with E-state index in [0.29, 0.717) is 13.0 Å². The van der Waals surface area contributed by atoms with Gasteiger partial charge in [0.1, 0.15) is 5.75 Å². The normalized spacial score (nSPS) is 13.0. The lowest BCUT2D eigenvalue weighted by atomic mass is 10.2. The third-order valence-electron chi connectivity index (χ3n) is 4.19. The monoisotopic (exact) mass is 310 g/mol. The summed E-state index contributed by atoms with van der Waals surface area (Å²) in [5, 5.41) is 3.33. The van der Waals surface area contributed by atoms with E-state index in [9.17, 15) is 4.79 Å². The number of hydrogen-bond acceptors (Lipinski definition) is 3. The highest BCUT2D eigenvalue weighted by Gasteiger charge is 2.23. The SMILES string of the molecule is COc1ccc(CNCCC(=O)N2CCc3ccccc32)cc1. The molecule has 0 saturated carbocycles. The maximum Gasteiger partial charge on any atom is 0.228 e. The number of nitrogens with zero attached hydrogens (tertiary/aromatic N) is 1. The fourth-order valence-corrected chi connectivity index (χ4v) is 2.90. The summed E-state index contributed by atoms with van der Waals surface area (Å²) in [5.41, 5.74) is 3.53. The molecule has 1 heterocycles. The summed E-state index contributed by atoms with van der Waals surface area (Å²) in [6, 6.07) is 16.1. The summed E-state index contributed by atoms with van der Waals surface area (Å²) in [6.45, 7) is 2.24. The zero-order valence-electron chi connectivity index (χ0n) is 13.4. The maximum absolute atomic E-state index is 12.4. The lowest BCUT2D eigenvalue weighted by Gasteiger charge is -2.17. The van der Waals surface area contributed by atoms with Crippen LogP contribution in [0.4, 0.5) is 5.69 Å². The van der Waals surface area contributed by atoms with Crippen molar-refractivity contribution in [1.29, 1.82) is 0 Å². The van der Waals surface area contributed by atoms with E-state index in [4.69, 9.17) is 4.74 Å². The van der Waals surface area contributed by atoms with Crippen LogP contribution in [0.25, 0.3) is 0 Å². The quantitative estimate of drug-likeness (QED) is 0.834. The van der Waals surface area contributed by atoms with Gasteiger partial charge >= 0.3 is 0 Å². The Morgan fingerprint density at radius 1 is 1.17 bits per heavy atom. The van der Waals surface area contributed by atoms with Crippen molar-refractivity contribution in [3.8, 4) is 5.75 Å². The van der Waals surface area contributed by atoms with Crippen LogP contribution in [0.2, 0.25) is 0 Å². The summed E-state index contributed by atoms with van der Waals surface area (Å²) < 4.78 is 5.14. The zero-order chi connectivity index (χ0) is 16.1. The first-order valence-corrected chi connectivity index (χ1v) is 8.00. The number of carbonyl (C=O) groups excluding carboxylic acids is 1. The smallest absolute Gasteiger partial charge is 0.228 e. The molecule has 0 unspecified atom stereocenters. The van der Waals surface area contributed by atoms with Crippen molar-refractivity contribution in [3.63, 3.8) is 0 Å². The number of hydrogen-bond donors (Lipinski definition) is 1. The first kappa shape index (κ1) is 15.6. The van der Waals surface area contributed by atoms with Crippen LogP contribution >= 0.6 is 0 Å². The van der Waals surface area contributed by atoms with Crippen LogP contribution in [-0.4, -0.2) is 26.1 Å². The Bertz CT molecular complexity index is 667. The van der Waals surface area contributed by atoms with E-state index in [2.05, 4.69) is 11.4 Å². The fraction of sp³-hybridized carbons (Fsp3) is 0.316. The molecule has 2 aromatic carbocycles. The van der Waals surface area contributed by atoms with Gasteiger partial charge in [-0.25, -0.2) is 0 Å². The van der Waals surface area contributed by atoms with Crippen molar-refractivity contribution in [1.82, 2.24) is 5.32 Å². The second kappa shape index (κ2) is 7.29. The number of anilines is 1. The molecule has 0 fully saturated rings. The second-order valence-corrected chi connectivity index (χ2v) is 5.70. The minimum absolute atomic E-state index is 0.192. The maximum atomic E-state index is 12.4. The first-order chi connectivity index (χ1) is 11.3. The molecule has 120 valence electrons. The first-order valence-electron chi connectivity index (χ1n) is 8.00. The second-order valence-electron chi connectivity index (χ2n) is 5.70. The van der Waals surface area contributed by atoms with E-state index >= 15 is 0 Å². The van der Waals surface area contributed by atoms with E-state index in [1.165, 1.54) is 11.1 Å². The van der Waals surface area contributed by atoms with Gasteiger partial charge in [-0.05, 0) is 35.7 Å². The zero-order valence-corrected chi connectivity index (χ0v) is 13.4. The van der Waals surface area contributed by atoms with Crippen molar-refractivity contribution < 1.29 is 9.53 Å². The van der Waals surface area contributed by atoms with Crippen LogP contribution in [0.5, 0.6) is 5.75 Å². The van der Waals surface area contributed by atoms with Gasteiger partial charge in [0.15, 0.2) is 0 Å². The van der Waals surface area contributed by atoms with Gasteiger partial charge in [-0.2, -0.15) is 0 Å². The van der Waals surface area contributed by atoms with E-state index in [0.717, 1.165) is 30.9 Å². The molecular formula is C19H22N2O2. The molecule has 1 aliphatic heterocycles. The van der Waals surface area contributed by atoms with E-state index < -0.39 is 0 Å². The molecule has 0 atom stereocenters. The predicted molar refractivity (Wildman–Crippen MR) is 91.8 cm³/mol. The number of carbonyl (C=O) groups is 1. The number of ether oxygens (including phenoxy) is 1.